The van der Waals surface area contributed by atoms with Crippen molar-refractivity contribution in [3.63, 3.8) is 0 Å². The molecule has 2 saturated heterocycles. The number of morpholine rings is 1. The molecule has 1 atom stereocenters. The van der Waals surface area contributed by atoms with Crippen LogP contribution in [0.2, 0.25) is 0 Å². The van der Waals surface area contributed by atoms with Crippen LogP contribution < -0.4 is 9.64 Å². The molecule has 0 radical (unpaired) electrons. The smallest absolute Gasteiger partial charge is 0.254 e. The molecule has 2 fully saturated rings. The lowest BCUT2D eigenvalue weighted by Crippen LogP contribution is -2.62. The number of nitrogens with zero attached hydrogens (tertiary/aromatic N) is 2. The monoisotopic (exact) mass is 380 g/mol. The van der Waals surface area contributed by atoms with E-state index in [0.717, 1.165) is 18.5 Å². The molecule has 4 rings (SSSR count). The van der Waals surface area contributed by atoms with E-state index in [4.69, 9.17) is 9.47 Å². The topological polar surface area (TPSA) is 59.1 Å². The van der Waals surface area contributed by atoms with Crippen molar-refractivity contribution in [2.75, 3.05) is 38.3 Å². The van der Waals surface area contributed by atoms with Gasteiger partial charge in [-0.05, 0) is 43.2 Å². The molecule has 1 spiro atoms. The molecule has 0 N–H and O–H groups in total. The fourth-order valence-corrected chi connectivity index (χ4v) is 4.01. The molecule has 1 unspecified atom stereocenters. The van der Waals surface area contributed by atoms with Crippen molar-refractivity contribution in [3.05, 3.63) is 60.2 Å². The molecule has 28 heavy (non-hydrogen) atoms. The molecule has 2 aliphatic rings. The molecule has 0 aliphatic carbocycles. The number of rotatable bonds is 3. The van der Waals surface area contributed by atoms with Gasteiger partial charge in [0.15, 0.2) is 0 Å². The van der Waals surface area contributed by atoms with Gasteiger partial charge < -0.3 is 19.3 Å². The van der Waals surface area contributed by atoms with Gasteiger partial charge in [-0.1, -0.05) is 24.3 Å². The number of carbonyl (C=O) groups excluding carboxylic acids is 2. The number of hydrogen-bond donors (Lipinski definition) is 0. The molecular weight excluding hydrogens is 356 g/mol. The Morgan fingerprint density at radius 3 is 2.71 bits per heavy atom. The van der Waals surface area contributed by atoms with Crippen LogP contribution in [-0.4, -0.2) is 55.7 Å². The highest BCUT2D eigenvalue weighted by atomic mass is 16.5. The van der Waals surface area contributed by atoms with Gasteiger partial charge in [0.05, 0.1) is 20.2 Å². The Bertz CT molecular complexity index is 870. The van der Waals surface area contributed by atoms with Crippen molar-refractivity contribution in [2.24, 2.45) is 0 Å². The van der Waals surface area contributed by atoms with Crippen LogP contribution in [0.25, 0.3) is 0 Å². The Morgan fingerprint density at radius 2 is 1.93 bits per heavy atom. The number of likely N-dealkylation sites (tertiary alicyclic amines) is 1. The molecule has 2 aromatic carbocycles. The van der Waals surface area contributed by atoms with E-state index >= 15 is 0 Å². The Hall–Kier alpha value is -2.86. The third kappa shape index (κ3) is 3.60. The third-order valence-electron chi connectivity index (χ3n) is 5.46. The van der Waals surface area contributed by atoms with Gasteiger partial charge in [0, 0.05) is 17.8 Å². The fraction of sp³-hybridized carbons (Fsp3) is 0.364. The average Bonchev–Trinajstić information content (AvgIpc) is 2.76. The van der Waals surface area contributed by atoms with Crippen LogP contribution in [0.4, 0.5) is 5.69 Å². The van der Waals surface area contributed by atoms with E-state index in [-0.39, 0.29) is 18.4 Å². The molecule has 6 nitrogen and oxygen atoms in total. The molecule has 0 aromatic heterocycles. The minimum atomic E-state index is -0.531. The van der Waals surface area contributed by atoms with Crippen LogP contribution in [0.1, 0.15) is 23.2 Å². The highest BCUT2D eigenvalue weighted by Gasteiger charge is 2.44. The van der Waals surface area contributed by atoms with Crippen LogP contribution in [0, 0.1) is 0 Å². The minimum Gasteiger partial charge on any atom is -0.497 e. The van der Waals surface area contributed by atoms with E-state index < -0.39 is 5.60 Å². The van der Waals surface area contributed by atoms with Gasteiger partial charge >= 0.3 is 0 Å². The van der Waals surface area contributed by atoms with Crippen molar-refractivity contribution < 1.29 is 19.1 Å². The predicted octanol–water partition coefficient (Wildman–Crippen LogP) is 2.73. The molecule has 6 heteroatoms. The van der Waals surface area contributed by atoms with Gasteiger partial charge in [-0.15, -0.1) is 0 Å². The van der Waals surface area contributed by atoms with Gasteiger partial charge in [0.2, 0.25) is 0 Å². The number of hydrogen-bond acceptors (Lipinski definition) is 4. The largest absolute Gasteiger partial charge is 0.497 e. The number of benzene rings is 2. The Morgan fingerprint density at radius 1 is 1.11 bits per heavy atom. The number of carbonyl (C=O) groups is 2. The van der Waals surface area contributed by atoms with E-state index in [0.29, 0.717) is 30.9 Å². The third-order valence-corrected chi connectivity index (χ3v) is 5.46. The number of ether oxygens (including phenoxy) is 2. The van der Waals surface area contributed by atoms with Crippen LogP contribution in [0.15, 0.2) is 54.6 Å². The highest BCUT2D eigenvalue weighted by Crippen LogP contribution is 2.32. The van der Waals surface area contributed by atoms with Gasteiger partial charge in [0.1, 0.15) is 18.0 Å². The standard InChI is InChI=1S/C22H24N2O4/c1-27-19-10-5-7-17(13-19)21(26)23-12-6-11-22(15-23)16-24(20(25)14-28-22)18-8-3-2-4-9-18/h2-5,7-10,13H,6,11-12,14-16H2,1H3. The van der Waals surface area contributed by atoms with E-state index in [1.807, 2.05) is 47.4 Å². The Balaban J connectivity index is 1.54. The van der Waals surface area contributed by atoms with Gasteiger partial charge in [-0.3, -0.25) is 9.59 Å². The van der Waals surface area contributed by atoms with Crippen molar-refractivity contribution in [1.82, 2.24) is 4.90 Å². The zero-order valence-electron chi connectivity index (χ0n) is 16.0. The summed E-state index contributed by atoms with van der Waals surface area (Å²) in [6.07, 6.45) is 1.66. The molecule has 0 saturated carbocycles. The molecule has 2 amide bonds. The maximum absolute atomic E-state index is 13.0. The van der Waals surface area contributed by atoms with Crippen molar-refractivity contribution in [3.8, 4) is 5.75 Å². The summed E-state index contributed by atoms with van der Waals surface area (Å²) in [6, 6.07) is 16.8. The van der Waals surface area contributed by atoms with Crippen molar-refractivity contribution >= 4 is 17.5 Å². The van der Waals surface area contributed by atoms with Crippen LogP contribution in [0.3, 0.4) is 0 Å². The number of amides is 2. The molecular formula is C22H24N2O4. The molecule has 2 aromatic rings. The number of piperidine rings is 1. The van der Waals surface area contributed by atoms with E-state index in [1.54, 1.807) is 24.1 Å². The summed E-state index contributed by atoms with van der Waals surface area (Å²) >= 11 is 0. The average molecular weight is 380 g/mol. The lowest BCUT2D eigenvalue weighted by molar-refractivity contribution is -0.144. The zero-order valence-corrected chi connectivity index (χ0v) is 16.0. The number of anilines is 1. The second kappa shape index (κ2) is 7.64. The van der Waals surface area contributed by atoms with Gasteiger partial charge in [-0.25, -0.2) is 0 Å². The Kier molecular flexibility index (Phi) is 5.05. The van der Waals surface area contributed by atoms with Crippen LogP contribution in [-0.2, 0) is 9.53 Å². The molecule has 146 valence electrons. The number of para-hydroxylation sites is 1. The van der Waals surface area contributed by atoms with Crippen molar-refractivity contribution in [2.45, 2.75) is 18.4 Å². The first-order chi connectivity index (χ1) is 13.6. The summed E-state index contributed by atoms with van der Waals surface area (Å²) in [5.41, 5.74) is 0.936. The maximum Gasteiger partial charge on any atom is 0.254 e. The number of methoxy groups -OCH3 is 1. The Labute approximate surface area is 164 Å². The van der Waals surface area contributed by atoms with Crippen LogP contribution in [0.5, 0.6) is 5.75 Å². The van der Waals surface area contributed by atoms with Gasteiger partial charge in [0.25, 0.3) is 11.8 Å². The molecule has 0 bridgehead atoms. The second-order valence-electron chi connectivity index (χ2n) is 7.35. The fourth-order valence-electron chi connectivity index (χ4n) is 4.01. The van der Waals surface area contributed by atoms with E-state index in [2.05, 4.69) is 0 Å². The second-order valence-corrected chi connectivity index (χ2v) is 7.35. The summed E-state index contributed by atoms with van der Waals surface area (Å²) in [4.78, 5) is 29.1. The van der Waals surface area contributed by atoms with Crippen LogP contribution >= 0.6 is 0 Å². The zero-order chi connectivity index (χ0) is 19.6. The van der Waals surface area contributed by atoms with Gasteiger partial charge in [-0.2, -0.15) is 0 Å². The SMILES string of the molecule is COc1cccc(C(=O)N2CCCC3(C2)CN(c2ccccc2)C(=O)CO3)c1. The normalized spacial score (nSPS) is 22.4. The molecule has 2 heterocycles. The summed E-state index contributed by atoms with van der Waals surface area (Å²) in [5.74, 6) is 0.574. The summed E-state index contributed by atoms with van der Waals surface area (Å²) in [7, 11) is 1.59. The van der Waals surface area contributed by atoms with E-state index in [1.165, 1.54) is 0 Å². The summed E-state index contributed by atoms with van der Waals surface area (Å²) in [5, 5.41) is 0. The quantitative estimate of drug-likeness (QED) is 0.822. The summed E-state index contributed by atoms with van der Waals surface area (Å²) < 4.78 is 11.3. The molecule has 2 aliphatic heterocycles. The lowest BCUT2D eigenvalue weighted by Gasteiger charge is -2.47. The predicted molar refractivity (Wildman–Crippen MR) is 106 cm³/mol. The van der Waals surface area contributed by atoms with Crippen molar-refractivity contribution in [1.29, 1.82) is 0 Å². The highest BCUT2D eigenvalue weighted by molar-refractivity contribution is 5.96. The summed E-state index contributed by atoms with van der Waals surface area (Å²) in [6.45, 7) is 1.65. The first kappa shape index (κ1) is 18.5. The first-order valence-electron chi connectivity index (χ1n) is 9.53. The minimum absolute atomic E-state index is 0.0373. The van der Waals surface area contributed by atoms with E-state index in [9.17, 15) is 9.59 Å². The maximum atomic E-state index is 13.0. The first-order valence-corrected chi connectivity index (χ1v) is 9.53. The lowest BCUT2D eigenvalue weighted by atomic mass is 9.90.